The molecule has 2 fully saturated rings. The Hall–Kier alpha value is -2.88. The zero-order valence-corrected chi connectivity index (χ0v) is 18.0. The summed E-state index contributed by atoms with van der Waals surface area (Å²) < 4.78 is 66.9. The number of hydrogen-bond donors (Lipinski definition) is 1. The summed E-state index contributed by atoms with van der Waals surface area (Å²) in [7, 11) is -4.81. The number of hydrogen-bond acceptors (Lipinski definition) is 4. The zero-order valence-electron chi connectivity index (χ0n) is 17.1. The van der Waals surface area contributed by atoms with E-state index in [4.69, 9.17) is 0 Å². The molecule has 0 spiro atoms. The predicted octanol–water partition coefficient (Wildman–Crippen LogP) is 3.23. The van der Waals surface area contributed by atoms with Crippen LogP contribution >= 0.6 is 0 Å². The molecular weight excluding hydrogens is 445 g/mol. The Balaban J connectivity index is 1.57. The van der Waals surface area contributed by atoms with Gasteiger partial charge in [-0.25, -0.2) is 13.1 Å². The molecule has 1 aliphatic carbocycles. The molecule has 0 bridgehead atoms. The van der Waals surface area contributed by atoms with Crippen molar-refractivity contribution in [2.75, 3.05) is 6.54 Å². The first kappa shape index (κ1) is 22.3. The van der Waals surface area contributed by atoms with Gasteiger partial charge in [0, 0.05) is 6.54 Å². The molecule has 10 heteroatoms. The largest absolute Gasteiger partial charge is 0.417 e. The van der Waals surface area contributed by atoms with E-state index in [0.717, 1.165) is 23.8 Å². The number of nitrogens with one attached hydrogen (secondary N) is 1. The van der Waals surface area contributed by atoms with E-state index in [-0.39, 0.29) is 18.9 Å². The van der Waals surface area contributed by atoms with Crippen LogP contribution in [0.5, 0.6) is 0 Å². The lowest BCUT2D eigenvalue weighted by atomic mass is 9.82. The first-order chi connectivity index (χ1) is 14.9. The van der Waals surface area contributed by atoms with E-state index >= 15 is 0 Å². The Kier molecular flexibility index (Phi) is 5.11. The van der Waals surface area contributed by atoms with Gasteiger partial charge in [-0.2, -0.15) is 13.2 Å². The maximum absolute atomic E-state index is 13.3. The van der Waals surface area contributed by atoms with Crippen LogP contribution in [0.2, 0.25) is 0 Å². The van der Waals surface area contributed by atoms with E-state index in [1.54, 1.807) is 4.72 Å². The summed E-state index contributed by atoms with van der Waals surface area (Å²) in [6.07, 6.45) is -3.49. The van der Waals surface area contributed by atoms with E-state index in [9.17, 15) is 31.2 Å². The number of carbonyl (C=O) groups is 2. The average molecular weight is 466 g/mol. The minimum Gasteiger partial charge on any atom is -0.327 e. The molecule has 4 rings (SSSR count). The fraction of sp³-hybridized carbons (Fsp3) is 0.364. The van der Waals surface area contributed by atoms with Gasteiger partial charge in [0.15, 0.2) is 0 Å². The van der Waals surface area contributed by atoms with Gasteiger partial charge in [-0.1, -0.05) is 42.5 Å². The predicted molar refractivity (Wildman–Crippen MR) is 109 cm³/mol. The zero-order chi connectivity index (χ0) is 23.4. The van der Waals surface area contributed by atoms with Gasteiger partial charge < -0.3 is 4.90 Å². The lowest BCUT2D eigenvalue weighted by molar-refractivity contribution is -0.158. The molecule has 2 aliphatic rings. The molecule has 1 aliphatic heterocycles. The van der Waals surface area contributed by atoms with Crippen molar-refractivity contribution in [3.05, 3.63) is 65.7 Å². The molecule has 2 aromatic rings. The molecule has 1 heterocycles. The summed E-state index contributed by atoms with van der Waals surface area (Å²) in [5.74, 6) is -1.31. The molecule has 0 radical (unpaired) electrons. The van der Waals surface area contributed by atoms with Crippen molar-refractivity contribution in [2.24, 2.45) is 0 Å². The first-order valence-corrected chi connectivity index (χ1v) is 11.5. The maximum Gasteiger partial charge on any atom is 0.417 e. The van der Waals surface area contributed by atoms with Crippen LogP contribution in [0.15, 0.2) is 59.5 Å². The molecule has 0 aromatic heterocycles. The molecule has 1 unspecified atom stereocenters. The Morgan fingerprint density at radius 1 is 0.969 bits per heavy atom. The quantitative estimate of drug-likeness (QED) is 0.734. The third kappa shape index (κ3) is 3.56. The minimum atomic E-state index is -4.91. The second-order valence-corrected chi connectivity index (χ2v) is 10.0. The van der Waals surface area contributed by atoms with Crippen molar-refractivity contribution in [3.63, 3.8) is 0 Å². The van der Waals surface area contributed by atoms with Crippen LogP contribution < -0.4 is 4.72 Å². The Bertz CT molecular complexity index is 1180. The molecule has 1 saturated carbocycles. The normalized spacial score (nSPS) is 22.1. The molecular formula is C22H21F3N2O4S. The molecule has 1 atom stereocenters. The number of nitrogens with zero attached hydrogens (tertiary/aromatic N) is 1. The number of benzene rings is 2. The van der Waals surface area contributed by atoms with Crippen LogP contribution in [0, 0.1) is 0 Å². The Morgan fingerprint density at radius 3 is 2.09 bits per heavy atom. The summed E-state index contributed by atoms with van der Waals surface area (Å²) >= 11 is 0. The van der Waals surface area contributed by atoms with E-state index in [1.807, 2.05) is 30.3 Å². The number of sulfonamides is 1. The minimum absolute atomic E-state index is 0.200. The Labute approximate surface area is 183 Å². The Morgan fingerprint density at radius 2 is 1.56 bits per heavy atom. The maximum atomic E-state index is 13.3. The number of carbonyl (C=O) groups excluding carboxylic acids is 2. The van der Waals surface area contributed by atoms with Crippen LogP contribution in [0.1, 0.15) is 37.3 Å². The van der Waals surface area contributed by atoms with Crippen LogP contribution in [0.3, 0.4) is 0 Å². The molecule has 2 aromatic carbocycles. The fourth-order valence-electron chi connectivity index (χ4n) is 4.11. The van der Waals surface area contributed by atoms with Crippen LogP contribution in [0.4, 0.5) is 13.2 Å². The van der Waals surface area contributed by atoms with Crippen molar-refractivity contribution < 1.29 is 31.2 Å². The summed E-state index contributed by atoms with van der Waals surface area (Å²) in [5, 5.41) is 0. The highest BCUT2D eigenvalue weighted by Gasteiger charge is 2.60. The summed E-state index contributed by atoms with van der Waals surface area (Å²) in [4.78, 5) is 26.5. The number of amides is 2. The molecule has 32 heavy (non-hydrogen) atoms. The van der Waals surface area contributed by atoms with Gasteiger partial charge in [0.25, 0.3) is 15.9 Å². The highest BCUT2D eigenvalue weighted by molar-refractivity contribution is 7.90. The van der Waals surface area contributed by atoms with Crippen molar-refractivity contribution in [1.82, 2.24) is 9.62 Å². The molecule has 2 amide bonds. The molecule has 170 valence electrons. The smallest absolute Gasteiger partial charge is 0.327 e. The third-order valence-corrected chi connectivity index (χ3v) is 7.74. The third-order valence-electron chi connectivity index (χ3n) is 6.35. The van der Waals surface area contributed by atoms with E-state index in [2.05, 4.69) is 0 Å². The van der Waals surface area contributed by atoms with E-state index in [0.29, 0.717) is 18.9 Å². The van der Waals surface area contributed by atoms with Gasteiger partial charge in [0.1, 0.15) is 5.54 Å². The summed E-state index contributed by atoms with van der Waals surface area (Å²) in [6, 6.07) is 12.8. The van der Waals surface area contributed by atoms with Gasteiger partial charge in [-0.3, -0.25) is 9.59 Å². The number of alkyl halides is 3. The van der Waals surface area contributed by atoms with Crippen molar-refractivity contribution in [1.29, 1.82) is 0 Å². The van der Waals surface area contributed by atoms with Crippen molar-refractivity contribution >= 4 is 21.8 Å². The lowest BCUT2D eigenvalue weighted by Crippen LogP contribution is -2.69. The standard InChI is InChI=1S/C22H21F3N2O4S/c1-20(13-14-27(20)19(29)21(11-12-21)15-7-3-2-4-8-15)18(28)26-32(30,31)17-10-6-5-9-16(17)22(23,24)25/h2-10H,11-14H2,1H3,(H,26,28). The summed E-state index contributed by atoms with van der Waals surface area (Å²) in [5.41, 5.74) is -2.76. The monoisotopic (exact) mass is 466 g/mol. The van der Waals surface area contributed by atoms with Gasteiger partial charge in [0.05, 0.1) is 15.9 Å². The van der Waals surface area contributed by atoms with Gasteiger partial charge in [-0.15, -0.1) is 0 Å². The summed E-state index contributed by atoms with van der Waals surface area (Å²) in [6.45, 7) is 1.69. The van der Waals surface area contributed by atoms with Gasteiger partial charge >= 0.3 is 6.18 Å². The van der Waals surface area contributed by atoms with Crippen LogP contribution in [-0.2, 0) is 31.2 Å². The first-order valence-electron chi connectivity index (χ1n) is 10.0. The van der Waals surface area contributed by atoms with Gasteiger partial charge in [0.2, 0.25) is 5.91 Å². The highest BCUT2D eigenvalue weighted by Crippen LogP contribution is 2.51. The van der Waals surface area contributed by atoms with Crippen LogP contribution in [0.25, 0.3) is 0 Å². The topological polar surface area (TPSA) is 83.6 Å². The highest BCUT2D eigenvalue weighted by atomic mass is 32.2. The fourth-order valence-corrected chi connectivity index (χ4v) is 5.41. The van der Waals surface area contributed by atoms with Crippen molar-refractivity contribution in [3.8, 4) is 0 Å². The molecule has 6 nitrogen and oxygen atoms in total. The van der Waals surface area contributed by atoms with Crippen molar-refractivity contribution in [2.45, 2.75) is 48.2 Å². The van der Waals surface area contributed by atoms with E-state index < -0.39 is 43.5 Å². The second kappa shape index (κ2) is 7.33. The van der Waals surface area contributed by atoms with Crippen LogP contribution in [-0.4, -0.2) is 37.2 Å². The number of halogens is 3. The molecule has 1 N–H and O–H groups in total. The molecule has 1 saturated heterocycles. The number of rotatable bonds is 5. The average Bonchev–Trinajstić information content (AvgIpc) is 3.54. The second-order valence-electron chi connectivity index (χ2n) is 8.36. The SMILES string of the molecule is CC1(C(=O)NS(=O)(=O)c2ccccc2C(F)(F)F)CCN1C(=O)C1(c2ccccc2)CC1. The van der Waals surface area contributed by atoms with E-state index in [1.165, 1.54) is 11.8 Å². The number of likely N-dealkylation sites (tertiary alicyclic amines) is 1. The lowest BCUT2D eigenvalue weighted by Gasteiger charge is -2.50. The van der Waals surface area contributed by atoms with Gasteiger partial charge in [-0.05, 0) is 43.9 Å².